The van der Waals surface area contributed by atoms with Crippen LogP contribution in [0.4, 0.5) is 13.2 Å². The molecular weight excluding hydrogens is 361 g/mol. The maximum atomic E-state index is 12.7. The van der Waals surface area contributed by atoms with Gasteiger partial charge in [-0.2, -0.15) is 13.2 Å². The number of likely N-dealkylation sites (tertiary alicyclic amines) is 1. The number of hydrogen-bond donors (Lipinski definition) is 1. The molecule has 1 aliphatic heterocycles. The molecule has 2 heterocycles. The molecule has 0 saturated carbocycles. The number of hydrogen-bond acceptors (Lipinski definition) is 4. The van der Waals surface area contributed by atoms with E-state index in [-0.39, 0.29) is 18.2 Å². The zero-order chi connectivity index (χ0) is 19.6. The highest BCUT2D eigenvalue weighted by atomic mass is 19.4. The Bertz CT molecular complexity index is 833. The van der Waals surface area contributed by atoms with Gasteiger partial charge in [-0.25, -0.2) is 4.98 Å². The average molecular weight is 380 g/mol. The Labute approximate surface area is 154 Å². The first-order chi connectivity index (χ1) is 12.7. The number of aryl methyl sites for hydroxylation is 1. The van der Waals surface area contributed by atoms with Gasteiger partial charge < -0.3 is 9.84 Å². The van der Waals surface area contributed by atoms with E-state index >= 15 is 0 Å². The zero-order valence-corrected chi connectivity index (χ0v) is 14.7. The van der Waals surface area contributed by atoms with Crippen molar-refractivity contribution in [3.63, 3.8) is 0 Å². The van der Waals surface area contributed by atoms with Crippen LogP contribution < -0.4 is 4.74 Å². The summed E-state index contributed by atoms with van der Waals surface area (Å²) in [6.45, 7) is 3.59. The molecule has 0 amide bonds. The number of pyridine rings is 1. The quantitative estimate of drug-likeness (QED) is 0.831. The van der Waals surface area contributed by atoms with Crippen LogP contribution in [0.25, 0.3) is 0 Å². The van der Waals surface area contributed by atoms with E-state index in [1.165, 1.54) is 12.1 Å². The summed E-state index contributed by atoms with van der Waals surface area (Å²) in [6, 6.07) is 9.17. The highest BCUT2D eigenvalue weighted by Gasteiger charge is 2.33. The molecule has 144 valence electrons. The Morgan fingerprint density at radius 3 is 2.67 bits per heavy atom. The predicted molar refractivity (Wildman–Crippen MR) is 91.2 cm³/mol. The Hall–Kier alpha value is -2.61. The number of halogens is 3. The van der Waals surface area contributed by atoms with Crippen LogP contribution in [-0.4, -0.2) is 34.0 Å². The summed E-state index contributed by atoms with van der Waals surface area (Å²) >= 11 is 0. The molecule has 5 nitrogen and oxygen atoms in total. The lowest BCUT2D eigenvalue weighted by Crippen LogP contribution is -2.49. The lowest BCUT2D eigenvalue weighted by Gasteiger charge is -2.36. The van der Waals surface area contributed by atoms with Crippen LogP contribution in [0.15, 0.2) is 36.4 Å². The Morgan fingerprint density at radius 1 is 1.30 bits per heavy atom. The first kappa shape index (κ1) is 19.2. The van der Waals surface area contributed by atoms with E-state index in [1.54, 1.807) is 6.07 Å². The molecule has 0 spiro atoms. The van der Waals surface area contributed by atoms with Crippen molar-refractivity contribution in [2.75, 3.05) is 13.1 Å². The van der Waals surface area contributed by atoms with Gasteiger partial charge in [0.15, 0.2) is 0 Å². The second-order valence-electron chi connectivity index (χ2n) is 6.62. The van der Waals surface area contributed by atoms with Crippen LogP contribution in [0.3, 0.4) is 0 Å². The number of aliphatic carboxylic acids is 1. The molecule has 0 atom stereocenters. The van der Waals surface area contributed by atoms with Crippen molar-refractivity contribution in [2.45, 2.75) is 26.3 Å². The molecule has 1 fully saturated rings. The van der Waals surface area contributed by atoms with Crippen molar-refractivity contribution >= 4 is 5.97 Å². The third-order valence-corrected chi connectivity index (χ3v) is 4.50. The second-order valence-corrected chi connectivity index (χ2v) is 6.62. The monoisotopic (exact) mass is 380 g/mol. The van der Waals surface area contributed by atoms with Gasteiger partial charge in [0.05, 0.1) is 11.6 Å². The number of nitrogens with zero attached hydrogens (tertiary/aromatic N) is 2. The highest BCUT2D eigenvalue weighted by Crippen LogP contribution is 2.28. The van der Waals surface area contributed by atoms with Gasteiger partial charge in [0.25, 0.3) is 0 Å². The fourth-order valence-corrected chi connectivity index (χ4v) is 2.91. The first-order valence-corrected chi connectivity index (χ1v) is 8.43. The van der Waals surface area contributed by atoms with Gasteiger partial charge in [-0.3, -0.25) is 9.69 Å². The minimum Gasteiger partial charge on any atom is -0.487 e. The number of carboxylic acid groups (broad SMARTS) is 1. The van der Waals surface area contributed by atoms with Crippen LogP contribution in [0.2, 0.25) is 0 Å². The molecule has 2 aromatic rings. The molecule has 27 heavy (non-hydrogen) atoms. The number of alkyl halides is 3. The van der Waals surface area contributed by atoms with Crippen LogP contribution in [0.5, 0.6) is 5.75 Å². The summed E-state index contributed by atoms with van der Waals surface area (Å²) in [5.74, 6) is -0.523. The SMILES string of the molecule is Cc1cc(OCc2cccc(C(F)(F)F)n2)ccc1CN1CC(C(=O)O)C1. The maximum Gasteiger partial charge on any atom is 0.433 e. The molecule has 1 aromatic carbocycles. The van der Waals surface area contributed by atoms with Crippen LogP contribution >= 0.6 is 0 Å². The van der Waals surface area contributed by atoms with E-state index in [0.29, 0.717) is 25.4 Å². The lowest BCUT2D eigenvalue weighted by atomic mass is 9.98. The molecule has 1 N–H and O–H groups in total. The van der Waals surface area contributed by atoms with E-state index in [1.807, 2.05) is 24.0 Å². The molecule has 0 aliphatic carbocycles. The van der Waals surface area contributed by atoms with E-state index in [2.05, 4.69) is 4.98 Å². The topological polar surface area (TPSA) is 62.7 Å². The third-order valence-electron chi connectivity index (χ3n) is 4.50. The molecule has 1 aromatic heterocycles. The summed E-state index contributed by atoms with van der Waals surface area (Å²) in [5, 5.41) is 8.91. The zero-order valence-electron chi connectivity index (χ0n) is 14.7. The predicted octanol–water partition coefficient (Wildman–Crippen LogP) is 3.50. The number of benzene rings is 1. The van der Waals surface area contributed by atoms with Gasteiger partial charge in [0.2, 0.25) is 0 Å². The molecule has 1 saturated heterocycles. The summed E-state index contributed by atoms with van der Waals surface area (Å²) in [6.07, 6.45) is -4.48. The Balaban J connectivity index is 1.58. The van der Waals surface area contributed by atoms with Crippen LogP contribution in [0.1, 0.15) is 22.5 Å². The maximum absolute atomic E-state index is 12.7. The van der Waals surface area contributed by atoms with Gasteiger partial charge in [-0.1, -0.05) is 12.1 Å². The van der Waals surface area contributed by atoms with Crippen LogP contribution in [0, 0.1) is 12.8 Å². The largest absolute Gasteiger partial charge is 0.487 e. The third kappa shape index (κ3) is 4.77. The first-order valence-electron chi connectivity index (χ1n) is 8.43. The highest BCUT2D eigenvalue weighted by molar-refractivity contribution is 5.71. The van der Waals surface area contributed by atoms with Crippen molar-refractivity contribution in [3.05, 3.63) is 58.9 Å². The molecule has 0 bridgehead atoms. The van der Waals surface area contributed by atoms with Gasteiger partial charge in [0.1, 0.15) is 18.1 Å². The fraction of sp³-hybridized carbons (Fsp3) is 0.368. The Kier molecular flexibility index (Phi) is 5.36. The van der Waals surface area contributed by atoms with E-state index in [0.717, 1.165) is 17.2 Å². The average Bonchev–Trinajstić information content (AvgIpc) is 2.56. The van der Waals surface area contributed by atoms with E-state index in [4.69, 9.17) is 9.84 Å². The van der Waals surface area contributed by atoms with Gasteiger partial charge in [-0.05, 0) is 42.3 Å². The summed E-state index contributed by atoms with van der Waals surface area (Å²) in [4.78, 5) is 16.5. The molecule has 1 aliphatic rings. The molecular formula is C19H19F3N2O3. The van der Waals surface area contributed by atoms with Crippen molar-refractivity contribution in [2.24, 2.45) is 5.92 Å². The number of carboxylic acids is 1. The smallest absolute Gasteiger partial charge is 0.433 e. The minimum atomic E-state index is -4.48. The molecule has 8 heteroatoms. The summed E-state index contributed by atoms with van der Waals surface area (Å²) < 4.78 is 43.7. The van der Waals surface area contributed by atoms with Gasteiger partial charge in [-0.15, -0.1) is 0 Å². The van der Waals surface area contributed by atoms with Crippen molar-refractivity contribution in [1.82, 2.24) is 9.88 Å². The number of ether oxygens (including phenoxy) is 1. The van der Waals surface area contributed by atoms with Gasteiger partial charge in [0, 0.05) is 19.6 Å². The van der Waals surface area contributed by atoms with Crippen LogP contribution in [-0.2, 0) is 24.1 Å². The Morgan fingerprint density at radius 2 is 2.04 bits per heavy atom. The second kappa shape index (κ2) is 7.56. The van der Waals surface area contributed by atoms with Crippen molar-refractivity contribution in [1.29, 1.82) is 0 Å². The number of carbonyl (C=O) groups is 1. The van der Waals surface area contributed by atoms with Gasteiger partial charge >= 0.3 is 12.1 Å². The fourth-order valence-electron chi connectivity index (χ4n) is 2.91. The van der Waals surface area contributed by atoms with Crippen molar-refractivity contribution < 1.29 is 27.8 Å². The van der Waals surface area contributed by atoms with E-state index in [9.17, 15) is 18.0 Å². The van der Waals surface area contributed by atoms with Crippen molar-refractivity contribution in [3.8, 4) is 5.75 Å². The lowest BCUT2D eigenvalue weighted by molar-refractivity contribution is -0.147. The summed E-state index contributed by atoms with van der Waals surface area (Å²) in [7, 11) is 0. The molecule has 0 radical (unpaired) electrons. The molecule has 3 rings (SSSR count). The normalized spacial score (nSPS) is 15.4. The number of rotatable bonds is 6. The summed E-state index contributed by atoms with van der Waals surface area (Å²) in [5.41, 5.74) is 1.29. The molecule has 0 unspecified atom stereocenters. The minimum absolute atomic E-state index is 0.0604. The standard InChI is InChI=1S/C19H19F3N2O3/c1-12-7-16(6-5-13(12)8-24-9-14(10-24)18(25)26)27-11-15-3-2-4-17(23-15)19(20,21)22/h2-7,14H,8-11H2,1H3,(H,25,26). The number of aromatic nitrogens is 1. The van der Waals surface area contributed by atoms with E-state index < -0.39 is 17.8 Å².